The van der Waals surface area contributed by atoms with Crippen LogP contribution in [-0.2, 0) is 4.74 Å². The van der Waals surface area contributed by atoms with Gasteiger partial charge in [-0.2, -0.15) is 0 Å². The summed E-state index contributed by atoms with van der Waals surface area (Å²) < 4.78 is 5.17. The van der Waals surface area contributed by atoms with Gasteiger partial charge < -0.3 is 4.74 Å². The van der Waals surface area contributed by atoms with Crippen molar-refractivity contribution >= 4 is 0 Å². The average molecular weight is 182 g/mol. The van der Waals surface area contributed by atoms with Gasteiger partial charge in [0, 0.05) is 6.08 Å². The molecular weight excluding hydrogens is 172 g/mol. The van der Waals surface area contributed by atoms with Crippen molar-refractivity contribution in [1.29, 1.82) is 0 Å². The van der Waals surface area contributed by atoms with Crippen LogP contribution in [-0.4, -0.2) is 6.61 Å². The molecule has 14 heavy (non-hydrogen) atoms. The van der Waals surface area contributed by atoms with Crippen LogP contribution in [0.4, 0.5) is 0 Å². The van der Waals surface area contributed by atoms with E-state index >= 15 is 0 Å². The Morgan fingerprint density at radius 1 is 1.36 bits per heavy atom. The molecule has 0 aromatic carbocycles. The molecule has 0 aromatic heterocycles. The molecule has 1 heteroatoms. The van der Waals surface area contributed by atoms with Gasteiger partial charge in [-0.15, -0.1) is 0 Å². The molecule has 0 aromatic rings. The Bertz CT molecular complexity index is 400. The van der Waals surface area contributed by atoms with Gasteiger partial charge in [0.2, 0.25) is 0 Å². The Hall–Kier alpha value is -2.12. The molecule has 0 radical (unpaired) electrons. The van der Waals surface area contributed by atoms with Gasteiger partial charge >= 0.3 is 0 Å². The highest BCUT2D eigenvalue weighted by Crippen LogP contribution is 2.05. The second-order valence-electron chi connectivity index (χ2n) is 2.39. The van der Waals surface area contributed by atoms with Gasteiger partial charge in [-0.25, -0.2) is 0 Å². The highest BCUT2D eigenvalue weighted by atomic mass is 16.5. The molecule has 0 bridgehead atoms. The summed E-state index contributed by atoms with van der Waals surface area (Å²) in [6.45, 7) is 4.16. The molecule has 0 spiro atoms. The number of rotatable bonds is 1. The fourth-order valence-electron chi connectivity index (χ4n) is 0.784. The molecule has 0 saturated heterocycles. The molecular formula is C13H10O. The topological polar surface area (TPSA) is 9.23 Å². The Morgan fingerprint density at radius 2 is 2.21 bits per heavy atom. The molecule has 0 atom stereocenters. The van der Waals surface area contributed by atoms with Gasteiger partial charge in [0.15, 0.2) is 0 Å². The maximum atomic E-state index is 5.17. The molecule has 0 saturated carbocycles. The second-order valence-corrected chi connectivity index (χ2v) is 2.39. The Balaban J connectivity index is 2.43. The van der Waals surface area contributed by atoms with Crippen LogP contribution in [0.1, 0.15) is 0 Å². The van der Waals surface area contributed by atoms with Crippen molar-refractivity contribution in [2.45, 2.75) is 0 Å². The summed E-state index contributed by atoms with van der Waals surface area (Å²) in [6.07, 6.45) is 10.7. The molecule has 0 amide bonds. The quantitative estimate of drug-likeness (QED) is 0.446. The Kier molecular flexibility index (Phi) is 4.56. The van der Waals surface area contributed by atoms with E-state index in [2.05, 4.69) is 30.3 Å². The average Bonchev–Trinajstić information content (AvgIpc) is 2.69. The third-order valence-corrected chi connectivity index (χ3v) is 1.37. The van der Waals surface area contributed by atoms with E-state index in [4.69, 9.17) is 4.74 Å². The number of allylic oxidation sites excluding steroid dienone is 5. The van der Waals surface area contributed by atoms with Gasteiger partial charge in [-0.05, 0) is 30.1 Å². The summed E-state index contributed by atoms with van der Waals surface area (Å²) in [5.74, 6) is 11.7. The minimum atomic E-state index is 0.640. The summed E-state index contributed by atoms with van der Waals surface area (Å²) in [4.78, 5) is 0. The van der Waals surface area contributed by atoms with Crippen LogP contribution < -0.4 is 0 Å². The molecule has 0 N–H and O–H groups in total. The van der Waals surface area contributed by atoms with E-state index in [1.54, 1.807) is 24.3 Å². The highest BCUT2D eigenvalue weighted by Gasteiger charge is 1.95. The lowest BCUT2D eigenvalue weighted by atomic mass is 10.4. The zero-order valence-electron chi connectivity index (χ0n) is 7.79. The molecule has 0 unspecified atom stereocenters. The van der Waals surface area contributed by atoms with Crippen molar-refractivity contribution in [2.24, 2.45) is 0 Å². The first-order valence-corrected chi connectivity index (χ1v) is 4.21. The molecule has 1 aliphatic rings. The van der Waals surface area contributed by atoms with Gasteiger partial charge in [-0.1, -0.05) is 30.6 Å². The lowest BCUT2D eigenvalue weighted by molar-refractivity contribution is 0.279. The van der Waals surface area contributed by atoms with E-state index in [9.17, 15) is 0 Å². The summed E-state index contributed by atoms with van der Waals surface area (Å²) in [5.41, 5.74) is 0. The molecule has 68 valence electrons. The lowest BCUT2D eigenvalue weighted by Crippen LogP contribution is -1.77. The predicted octanol–water partition coefficient (Wildman–Crippen LogP) is 2.21. The van der Waals surface area contributed by atoms with E-state index in [1.165, 1.54) is 0 Å². The zero-order chi connectivity index (χ0) is 10.1. The first kappa shape index (κ1) is 9.96. The Labute approximate surface area is 84.5 Å². The smallest absolute Gasteiger partial charge is 0.127 e. The summed E-state index contributed by atoms with van der Waals surface area (Å²) in [7, 11) is 0. The van der Waals surface area contributed by atoms with E-state index < -0.39 is 0 Å². The van der Waals surface area contributed by atoms with Crippen molar-refractivity contribution in [2.75, 3.05) is 6.61 Å². The molecule has 0 aliphatic carbocycles. The number of ether oxygens (including phenoxy) is 1. The molecule has 1 rings (SSSR count). The Morgan fingerprint density at radius 3 is 2.93 bits per heavy atom. The standard InChI is InChI=1S/C13H10O/c1-2-3-4-5-6-7-8-10-13-11-9-12-14-13/h2-4,9-11H,1,12H2. The second kappa shape index (κ2) is 6.40. The summed E-state index contributed by atoms with van der Waals surface area (Å²) >= 11 is 0. The molecule has 1 nitrogen and oxygen atoms in total. The monoisotopic (exact) mass is 182 g/mol. The van der Waals surface area contributed by atoms with Crippen molar-refractivity contribution in [3.05, 3.63) is 48.8 Å². The number of hydrogen-bond donors (Lipinski definition) is 0. The van der Waals surface area contributed by atoms with Crippen LogP contribution in [0.5, 0.6) is 0 Å². The zero-order valence-corrected chi connectivity index (χ0v) is 7.79. The first-order valence-electron chi connectivity index (χ1n) is 4.21. The van der Waals surface area contributed by atoms with E-state index in [-0.39, 0.29) is 0 Å². The minimum absolute atomic E-state index is 0.640. The van der Waals surface area contributed by atoms with Crippen LogP contribution in [0.3, 0.4) is 0 Å². The van der Waals surface area contributed by atoms with Gasteiger partial charge in [0.1, 0.15) is 12.4 Å². The van der Waals surface area contributed by atoms with E-state index in [0.717, 1.165) is 5.76 Å². The highest BCUT2D eigenvalue weighted by molar-refractivity contribution is 5.36. The largest absolute Gasteiger partial charge is 0.489 e. The van der Waals surface area contributed by atoms with Crippen LogP contribution >= 0.6 is 0 Å². The summed E-state index contributed by atoms with van der Waals surface area (Å²) in [5, 5.41) is 0. The lowest BCUT2D eigenvalue weighted by Gasteiger charge is -1.90. The van der Waals surface area contributed by atoms with Crippen molar-refractivity contribution in [1.82, 2.24) is 0 Å². The van der Waals surface area contributed by atoms with Gasteiger partial charge in [-0.3, -0.25) is 0 Å². The van der Waals surface area contributed by atoms with Crippen molar-refractivity contribution in [3.8, 4) is 23.7 Å². The number of hydrogen-bond acceptors (Lipinski definition) is 1. The van der Waals surface area contributed by atoms with Crippen molar-refractivity contribution < 1.29 is 4.74 Å². The van der Waals surface area contributed by atoms with Crippen molar-refractivity contribution in [3.63, 3.8) is 0 Å². The van der Waals surface area contributed by atoms with Crippen LogP contribution in [0.15, 0.2) is 48.8 Å². The fourth-order valence-corrected chi connectivity index (χ4v) is 0.784. The van der Waals surface area contributed by atoms with E-state index in [0.29, 0.717) is 6.61 Å². The summed E-state index contributed by atoms with van der Waals surface area (Å²) in [6, 6.07) is 0. The predicted molar refractivity (Wildman–Crippen MR) is 58.1 cm³/mol. The van der Waals surface area contributed by atoms with Crippen LogP contribution in [0, 0.1) is 23.7 Å². The first-order chi connectivity index (χ1) is 6.93. The molecule has 1 heterocycles. The van der Waals surface area contributed by atoms with Gasteiger partial charge in [0.05, 0.1) is 0 Å². The van der Waals surface area contributed by atoms with Gasteiger partial charge in [0.25, 0.3) is 0 Å². The van der Waals surface area contributed by atoms with Crippen LogP contribution in [0.2, 0.25) is 0 Å². The van der Waals surface area contributed by atoms with E-state index in [1.807, 2.05) is 12.2 Å². The third-order valence-electron chi connectivity index (χ3n) is 1.37. The maximum Gasteiger partial charge on any atom is 0.127 e. The third kappa shape index (κ3) is 4.04. The SMILES string of the molecule is C=CC=CC#CC#CC=C1C=CCO1. The molecule has 1 aliphatic heterocycles. The normalized spacial score (nSPS) is 15.6. The maximum absolute atomic E-state index is 5.17. The minimum Gasteiger partial charge on any atom is -0.489 e. The molecule has 0 fully saturated rings. The fraction of sp³-hybridized carbons (Fsp3) is 0.0769. The van der Waals surface area contributed by atoms with Crippen LogP contribution in [0.25, 0.3) is 0 Å².